The summed E-state index contributed by atoms with van der Waals surface area (Å²) in [5, 5.41) is 0. The van der Waals surface area contributed by atoms with Gasteiger partial charge in [0, 0.05) is 19.6 Å². The van der Waals surface area contributed by atoms with Gasteiger partial charge in [0.2, 0.25) is 0 Å². The van der Waals surface area contributed by atoms with Crippen molar-refractivity contribution in [3.8, 4) is 0 Å². The third-order valence-corrected chi connectivity index (χ3v) is 1.50. The van der Waals surface area contributed by atoms with E-state index in [-0.39, 0.29) is 0 Å². The number of rotatable bonds is 4. The van der Waals surface area contributed by atoms with Crippen molar-refractivity contribution < 1.29 is 12.9 Å². The summed E-state index contributed by atoms with van der Waals surface area (Å²) in [6.07, 6.45) is 0. The van der Waals surface area contributed by atoms with Crippen LogP contribution in [0.15, 0.2) is 0 Å². The molecule has 0 spiro atoms. The third kappa shape index (κ3) is 3.58. The SMILES string of the molecule is O=S(O)OCCN1CC1. The summed E-state index contributed by atoms with van der Waals surface area (Å²) in [5.41, 5.74) is 0. The Kier molecular flexibility index (Phi) is 2.59. The van der Waals surface area contributed by atoms with Crippen LogP contribution >= 0.6 is 0 Å². The molecule has 1 heterocycles. The average Bonchev–Trinajstić information content (AvgIpc) is 2.48. The zero-order chi connectivity index (χ0) is 6.69. The fourth-order valence-corrected chi connectivity index (χ4v) is 0.749. The van der Waals surface area contributed by atoms with Gasteiger partial charge in [-0.1, -0.05) is 0 Å². The van der Waals surface area contributed by atoms with Crippen LogP contribution in [0.1, 0.15) is 0 Å². The van der Waals surface area contributed by atoms with Gasteiger partial charge in [-0.25, -0.2) is 0 Å². The Bertz CT molecular complexity index is 114. The average molecular weight is 151 g/mol. The van der Waals surface area contributed by atoms with E-state index in [9.17, 15) is 4.21 Å². The zero-order valence-corrected chi connectivity index (χ0v) is 5.76. The molecule has 1 N–H and O–H groups in total. The van der Waals surface area contributed by atoms with E-state index in [2.05, 4.69) is 9.08 Å². The molecule has 0 radical (unpaired) electrons. The number of hydrogen-bond acceptors (Lipinski definition) is 3. The fourth-order valence-electron chi connectivity index (χ4n) is 0.532. The molecule has 0 aromatic rings. The van der Waals surface area contributed by atoms with Crippen molar-refractivity contribution in [3.05, 3.63) is 0 Å². The standard InChI is InChI=1S/C4H9NO3S/c6-9(7)8-4-3-5-1-2-5/h1-4H2,(H,6,7). The fraction of sp³-hybridized carbons (Fsp3) is 1.00. The molecular formula is C4H9NO3S. The molecule has 1 atom stereocenters. The summed E-state index contributed by atoms with van der Waals surface area (Å²) in [5.74, 6) is 0. The maximum Gasteiger partial charge on any atom is 0.301 e. The predicted molar refractivity (Wildman–Crippen MR) is 33.2 cm³/mol. The highest BCUT2D eigenvalue weighted by Gasteiger charge is 2.15. The first-order valence-electron chi connectivity index (χ1n) is 2.75. The molecule has 0 amide bonds. The van der Waals surface area contributed by atoms with Gasteiger partial charge in [-0.3, -0.25) is 13.6 Å². The summed E-state index contributed by atoms with van der Waals surface area (Å²) in [6.45, 7) is 3.32. The van der Waals surface area contributed by atoms with Crippen LogP contribution in [0.4, 0.5) is 0 Å². The Morgan fingerprint density at radius 3 is 2.78 bits per heavy atom. The Hall–Kier alpha value is 0.0300. The Morgan fingerprint density at radius 2 is 2.33 bits per heavy atom. The third-order valence-electron chi connectivity index (χ3n) is 1.13. The van der Waals surface area contributed by atoms with Crippen molar-refractivity contribution in [1.29, 1.82) is 0 Å². The van der Waals surface area contributed by atoms with Gasteiger partial charge in [0.05, 0.1) is 6.61 Å². The minimum absolute atomic E-state index is 0.350. The van der Waals surface area contributed by atoms with Crippen LogP contribution in [0, 0.1) is 0 Å². The maximum absolute atomic E-state index is 9.87. The summed E-state index contributed by atoms with van der Waals surface area (Å²) in [7, 11) is 0. The van der Waals surface area contributed by atoms with Crippen LogP contribution in [0.3, 0.4) is 0 Å². The summed E-state index contributed by atoms with van der Waals surface area (Å²) >= 11 is -2.08. The van der Waals surface area contributed by atoms with Crippen molar-refractivity contribution in [3.63, 3.8) is 0 Å². The Morgan fingerprint density at radius 1 is 1.67 bits per heavy atom. The number of hydrogen-bond donors (Lipinski definition) is 1. The first-order chi connectivity index (χ1) is 4.29. The highest BCUT2D eigenvalue weighted by atomic mass is 32.2. The van der Waals surface area contributed by atoms with E-state index in [1.807, 2.05) is 0 Å². The lowest BCUT2D eigenvalue weighted by Crippen LogP contribution is -2.08. The highest BCUT2D eigenvalue weighted by Crippen LogP contribution is 2.00. The highest BCUT2D eigenvalue weighted by molar-refractivity contribution is 7.74. The van der Waals surface area contributed by atoms with Crippen LogP contribution in [0.25, 0.3) is 0 Å². The molecule has 0 aromatic carbocycles. The lowest BCUT2D eigenvalue weighted by molar-refractivity contribution is 0.286. The van der Waals surface area contributed by atoms with Crippen molar-refractivity contribution in [2.24, 2.45) is 0 Å². The van der Waals surface area contributed by atoms with Gasteiger partial charge >= 0.3 is 11.4 Å². The van der Waals surface area contributed by atoms with Gasteiger partial charge in [0.15, 0.2) is 0 Å². The van der Waals surface area contributed by atoms with Crippen LogP contribution in [0.2, 0.25) is 0 Å². The van der Waals surface area contributed by atoms with E-state index >= 15 is 0 Å². The predicted octanol–water partition coefficient (Wildman–Crippen LogP) is -0.545. The van der Waals surface area contributed by atoms with E-state index < -0.39 is 11.4 Å². The summed E-state index contributed by atoms with van der Waals surface area (Å²) in [6, 6.07) is 0. The van der Waals surface area contributed by atoms with Crippen molar-refractivity contribution in [2.45, 2.75) is 0 Å². The van der Waals surface area contributed by atoms with Crippen molar-refractivity contribution in [2.75, 3.05) is 26.2 Å². The smallest absolute Gasteiger partial charge is 0.298 e. The van der Waals surface area contributed by atoms with E-state index in [1.165, 1.54) is 0 Å². The molecule has 9 heavy (non-hydrogen) atoms. The van der Waals surface area contributed by atoms with E-state index in [0.29, 0.717) is 6.61 Å². The maximum atomic E-state index is 9.87. The molecule has 1 saturated heterocycles. The second kappa shape index (κ2) is 3.26. The Labute approximate surface area is 56.3 Å². The Balaban J connectivity index is 1.86. The van der Waals surface area contributed by atoms with Gasteiger partial charge in [-0.15, -0.1) is 0 Å². The van der Waals surface area contributed by atoms with E-state index in [1.54, 1.807) is 0 Å². The lowest BCUT2D eigenvalue weighted by atomic mass is 10.7. The largest absolute Gasteiger partial charge is 0.301 e. The van der Waals surface area contributed by atoms with Crippen molar-refractivity contribution >= 4 is 11.4 Å². The molecule has 1 aliphatic heterocycles. The minimum Gasteiger partial charge on any atom is -0.298 e. The van der Waals surface area contributed by atoms with Crippen LogP contribution in [0.5, 0.6) is 0 Å². The van der Waals surface area contributed by atoms with Gasteiger partial charge in [-0.05, 0) is 0 Å². The van der Waals surface area contributed by atoms with Gasteiger partial charge in [-0.2, -0.15) is 4.21 Å². The van der Waals surface area contributed by atoms with Crippen LogP contribution in [-0.4, -0.2) is 39.9 Å². The second-order valence-electron chi connectivity index (χ2n) is 1.88. The first-order valence-corrected chi connectivity index (χ1v) is 3.79. The van der Waals surface area contributed by atoms with Gasteiger partial charge in [0.1, 0.15) is 0 Å². The van der Waals surface area contributed by atoms with Gasteiger partial charge in [0.25, 0.3) is 0 Å². The molecule has 4 nitrogen and oxygen atoms in total. The molecule has 0 bridgehead atoms. The molecular weight excluding hydrogens is 142 g/mol. The minimum atomic E-state index is -2.08. The molecule has 54 valence electrons. The van der Waals surface area contributed by atoms with E-state index in [0.717, 1.165) is 19.6 Å². The molecule has 1 unspecified atom stereocenters. The zero-order valence-electron chi connectivity index (χ0n) is 4.95. The molecule has 0 aliphatic carbocycles. The summed E-state index contributed by atoms with van der Waals surface area (Å²) in [4.78, 5) is 2.12. The summed E-state index contributed by atoms with van der Waals surface area (Å²) < 4.78 is 22.4. The normalized spacial score (nSPS) is 21.9. The van der Waals surface area contributed by atoms with E-state index in [4.69, 9.17) is 4.55 Å². The topological polar surface area (TPSA) is 49.5 Å². The van der Waals surface area contributed by atoms with Crippen molar-refractivity contribution in [1.82, 2.24) is 4.90 Å². The molecule has 0 saturated carbocycles. The molecule has 5 heteroatoms. The molecule has 1 aliphatic rings. The lowest BCUT2D eigenvalue weighted by Gasteiger charge is -1.96. The monoisotopic (exact) mass is 151 g/mol. The first kappa shape index (κ1) is 7.14. The molecule has 1 fully saturated rings. The molecule has 0 aromatic heterocycles. The van der Waals surface area contributed by atoms with Crippen LogP contribution < -0.4 is 0 Å². The second-order valence-corrected chi connectivity index (χ2v) is 2.55. The van der Waals surface area contributed by atoms with Crippen LogP contribution in [-0.2, 0) is 15.5 Å². The molecule has 1 rings (SSSR count). The quantitative estimate of drug-likeness (QED) is 0.433. The number of nitrogens with zero attached hydrogens (tertiary/aromatic N) is 1. The van der Waals surface area contributed by atoms with Gasteiger partial charge < -0.3 is 0 Å².